The summed E-state index contributed by atoms with van der Waals surface area (Å²) in [6.07, 6.45) is 0. The Kier molecular flexibility index (Phi) is 3.38. The predicted molar refractivity (Wildman–Crippen MR) is 66.3 cm³/mol. The molecule has 6 nitrogen and oxygen atoms in total. The smallest absolute Gasteiger partial charge is 0.253 e. The molecule has 0 fully saturated rings. The lowest BCUT2D eigenvalue weighted by molar-refractivity contribution is -0.136. The number of nitrogens with two attached hydrogens (primary N) is 1. The van der Waals surface area contributed by atoms with Crippen molar-refractivity contribution in [1.29, 1.82) is 0 Å². The fourth-order valence-electron chi connectivity index (χ4n) is 2.13. The minimum absolute atomic E-state index is 0.386. The number of carbonyl (C=O) groups excluding carboxylic acids is 2. The molecule has 0 aliphatic carbocycles. The van der Waals surface area contributed by atoms with Crippen molar-refractivity contribution in [2.45, 2.75) is 12.8 Å². The Morgan fingerprint density at radius 1 is 1.39 bits per heavy atom. The average Bonchev–Trinajstić information content (AvgIpc) is 2.41. The zero-order chi connectivity index (χ0) is 13.1. The molecule has 6 heteroatoms. The molecule has 0 saturated carbocycles. The van der Waals surface area contributed by atoms with Gasteiger partial charge in [0.15, 0.2) is 0 Å². The van der Waals surface area contributed by atoms with E-state index in [4.69, 9.17) is 5.84 Å². The highest BCUT2D eigenvalue weighted by Crippen LogP contribution is 2.29. The second-order valence-corrected chi connectivity index (χ2v) is 4.10. The highest BCUT2D eigenvalue weighted by molar-refractivity contribution is 6.09. The molecule has 1 aliphatic heterocycles. The Morgan fingerprint density at radius 3 is 2.67 bits per heavy atom. The molecule has 1 aliphatic rings. The van der Waals surface area contributed by atoms with Gasteiger partial charge < -0.3 is 0 Å². The number of carbonyl (C=O) groups is 2. The molecule has 2 atom stereocenters. The van der Waals surface area contributed by atoms with Crippen molar-refractivity contribution in [3.8, 4) is 0 Å². The summed E-state index contributed by atoms with van der Waals surface area (Å²) in [4.78, 5) is 23.5. The number of nitrogens with zero attached hydrogens (tertiary/aromatic N) is 1. The Hall–Kier alpha value is -2.21. The molecule has 4 N–H and O–H groups in total. The van der Waals surface area contributed by atoms with E-state index in [1.807, 2.05) is 35.8 Å². The maximum absolute atomic E-state index is 11.8. The average molecular weight is 246 g/mol. The highest BCUT2D eigenvalue weighted by Gasteiger charge is 2.39. The van der Waals surface area contributed by atoms with Gasteiger partial charge in [-0.3, -0.25) is 15.0 Å². The monoisotopic (exact) mass is 246 g/mol. The number of nitrogens with one attached hydrogen (secondary N) is 2. The van der Waals surface area contributed by atoms with Gasteiger partial charge in [0.25, 0.3) is 5.91 Å². The fraction of sp³-hybridized carbons (Fsp3) is 0.250. The lowest BCUT2D eigenvalue weighted by Gasteiger charge is -2.28. The second kappa shape index (κ2) is 4.97. The van der Waals surface area contributed by atoms with Gasteiger partial charge in [0.1, 0.15) is 5.92 Å². The Labute approximate surface area is 104 Å². The first-order valence-electron chi connectivity index (χ1n) is 5.54. The Morgan fingerprint density at radius 2 is 2.06 bits per heavy atom. The van der Waals surface area contributed by atoms with Crippen molar-refractivity contribution in [2.75, 3.05) is 0 Å². The van der Waals surface area contributed by atoms with E-state index in [9.17, 15) is 9.59 Å². The predicted octanol–water partition coefficient (Wildman–Crippen LogP) is -0.118. The first kappa shape index (κ1) is 12.3. The van der Waals surface area contributed by atoms with Crippen molar-refractivity contribution in [1.82, 2.24) is 10.9 Å². The largest absolute Gasteiger partial charge is 0.294 e. The van der Waals surface area contributed by atoms with Crippen LogP contribution in [0.15, 0.2) is 35.4 Å². The van der Waals surface area contributed by atoms with Gasteiger partial charge in [-0.15, -0.1) is 0 Å². The normalized spacial score (nSPS) is 23.0. The number of hydrazine groups is 1. The van der Waals surface area contributed by atoms with Crippen LogP contribution in [0.2, 0.25) is 0 Å². The zero-order valence-corrected chi connectivity index (χ0v) is 9.88. The molecule has 94 valence electrons. The van der Waals surface area contributed by atoms with Crippen LogP contribution in [0.5, 0.6) is 0 Å². The van der Waals surface area contributed by atoms with E-state index < -0.39 is 17.7 Å². The van der Waals surface area contributed by atoms with Crippen LogP contribution in [0.4, 0.5) is 0 Å². The number of hydrogen-bond donors (Lipinski definition) is 3. The molecule has 0 saturated heterocycles. The van der Waals surface area contributed by atoms with Crippen molar-refractivity contribution in [3.63, 3.8) is 0 Å². The summed E-state index contributed by atoms with van der Waals surface area (Å²) in [7, 11) is 0. The Bertz CT molecular complexity index is 498. The second-order valence-electron chi connectivity index (χ2n) is 4.10. The van der Waals surface area contributed by atoms with Crippen LogP contribution in [0.3, 0.4) is 0 Å². The fourth-order valence-corrected chi connectivity index (χ4v) is 2.13. The summed E-state index contributed by atoms with van der Waals surface area (Å²) in [5.74, 6) is 2.89. The molecular formula is C12H14N4O2. The standard InChI is InChI=1S/C12H14N4O2/c1-7-9(8-5-3-2-4-6-8)10(11(17)14-13)12(18)16-15-7/h2-6,9-10H,13H2,1H3,(H,14,17)(H,16,18). The van der Waals surface area contributed by atoms with E-state index in [0.717, 1.165) is 5.56 Å². The molecule has 1 aromatic rings. The third kappa shape index (κ3) is 2.10. The summed E-state index contributed by atoms with van der Waals surface area (Å²) in [6.45, 7) is 1.77. The molecule has 18 heavy (non-hydrogen) atoms. The third-order valence-corrected chi connectivity index (χ3v) is 2.99. The zero-order valence-electron chi connectivity index (χ0n) is 9.88. The van der Waals surface area contributed by atoms with Crippen LogP contribution in [-0.4, -0.2) is 17.5 Å². The number of rotatable bonds is 2. The molecule has 0 bridgehead atoms. The van der Waals surface area contributed by atoms with E-state index in [1.165, 1.54) is 0 Å². The van der Waals surface area contributed by atoms with Crippen LogP contribution in [0, 0.1) is 5.92 Å². The molecule has 2 rings (SSSR count). The number of hydrazone groups is 1. The van der Waals surface area contributed by atoms with Crippen LogP contribution in [0.1, 0.15) is 18.4 Å². The summed E-state index contributed by atoms with van der Waals surface area (Å²) in [5.41, 5.74) is 5.90. The first-order chi connectivity index (χ1) is 8.65. The van der Waals surface area contributed by atoms with Gasteiger partial charge >= 0.3 is 0 Å². The first-order valence-corrected chi connectivity index (χ1v) is 5.54. The number of hydrogen-bond acceptors (Lipinski definition) is 4. The van der Waals surface area contributed by atoms with Gasteiger partial charge in [-0.25, -0.2) is 11.3 Å². The summed E-state index contributed by atoms with van der Waals surface area (Å²) >= 11 is 0. The van der Waals surface area contributed by atoms with Gasteiger partial charge in [0, 0.05) is 11.6 Å². The van der Waals surface area contributed by atoms with E-state index >= 15 is 0 Å². The van der Waals surface area contributed by atoms with Gasteiger partial charge in [-0.1, -0.05) is 30.3 Å². The molecule has 0 spiro atoms. The van der Waals surface area contributed by atoms with E-state index in [1.54, 1.807) is 6.92 Å². The number of benzene rings is 1. The maximum Gasteiger partial charge on any atom is 0.253 e. The van der Waals surface area contributed by atoms with Gasteiger partial charge in [-0.2, -0.15) is 5.10 Å². The third-order valence-electron chi connectivity index (χ3n) is 2.99. The topological polar surface area (TPSA) is 96.6 Å². The summed E-state index contributed by atoms with van der Waals surface area (Å²) in [6, 6.07) is 9.30. The van der Waals surface area contributed by atoms with Crippen LogP contribution >= 0.6 is 0 Å². The lowest BCUT2D eigenvalue weighted by Crippen LogP contribution is -2.49. The molecule has 1 heterocycles. The molecule has 0 aromatic heterocycles. The quantitative estimate of drug-likeness (QED) is 0.294. The van der Waals surface area contributed by atoms with Gasteiger partial charge in [0.2, 0.25) is 5.91 Å². The molecule has 1 aromatic carbocycles. The van der Waals surface area contributed by atoms with Crippen LogP contribution in [-0.2, 0) is 9.59 Å². The van der Waals surface area contributed by atoms with Crippen molar-refractivity contribution in [2.24, 2.45) is 16.9 Å². The minimum atomic E-state index is -0.894. The maximum atomic E-state index is 11.8. The highest BCUT2D eigenvalue weighted by atomic mass is 16.2. The minimum Gasteiger partial charge on any atom is -0.294 e. The van der Waals surface area contributed by atoms with E-state index in [0.29, 0.717) is 5.71 Å². The van der Waals surface area contributed by atoms with Gasteiger partial charge in [0.05, 0.1) is 0 Å². The van der Waals surface area contributed by atoms with Gasteiger partial charge in [-0.05, 0) is 12.5 Å². The molecule has 0 radical (unpaired) electrons. The van der Waals surface area contributed by atoms with Crippen molar-refractivity contribution < 1.29 is 9.59 Å². The molecular weight excluding hydrogens is 232 g/mol. The van der Waals surface area contributed by atoms with Crippen molar-refractivity contribution >= 4 is 17.5 Å². The van der Waals surface area contributed by atoms with Crippen molar-refractivity contribution in [3.05, 3.63) is 35.9 Å². The lowest BCUT2D eigenvalue weighted by atomic mass is 9.81. The SMILES string of the molecule is CC1=NNC(=O)C(C(=O)NN)C1c1ccccc1. The van der Waals surface area contributed by atoms with Crippen LogP contribution in [0.25, 0.3) is 0 Å². The van der Waals surface area contributed by atoms with E-state index in [2.05, 4.69) is 10.5 Å². The number of amides is 2. The van der Waals surface area contributed by atoms with E-state index in [-0.39, 0.29) is 5.92 Å². The summed E-state index contributed by atoms with van der Waals surface area (Å²) < 4.78 is 0. The Balaban J connectivity index is 2.45. The molecule has 2 amide bonds. The van der Waals surface area contributed by atoms with Crippen LogP contribution < -0.4 is 16.7 Å². The molecule has 2 unspecified atom stereocenters. The summed E-state index contributed by atoms with van der Waals surface area (Å²) in [5, 5.41) is 3.93.